The number of hydrogen-bond acceptors (Lipinski definition) is 5. The zero-order chi connectivity index (χ0) is 18.7. The van der Waals surface area contributed by atoms with E-state index in [0.717, 1.165) is 32.1 Å². The number of halogens is 1. The molecule has 3 N–H and O–H groups in total. The van der Waals surface area contributed by atoms with Gasteiger partial charge in [0.25, 0.3) is 6.47 Å². The molecule has 0 aliphatic heterocycles. The molecule has 0 spiro atoms. The van der Waals surface area contributed by atoms with E-state index >= 15 is 0 Å². The highest BCUT2D eigenvalue weighted by molar-refractivity contribution is 9.09. The summed E-state index contributed by atoms with van der Waals surface area (Å²) in [6, 6.07) is 0. The van der Waals surface area contributed by atoms with E-state index in [2.05, 4.69) is 22.9 Å². The lowest BCUT2D eigenvalue weighted by atomic mass is 9.44. The average molecular weight is 431 g/mol. The molecule has 4 rings (SSSR count). The number of carbonyl (C=O) groups is 1. The van der Waals surface area contributed by atoms with Gasteiger partial charge >= 0.3 is 0 Å². The maximum atomic E-state index is 11.1. The summed E-state index contributed by atoms with van der Waals surface area (Å²) in [6.07, 6.45) is 4.86. The van der Waals surface area contributed by atoms with Crippen LogP contribution in [0, 0.1) is 34.5 Å². The Balaban J connectivity index is 1.68. The van der Waals surface area contributed by atoms with Gasteiger partial charge in [-0.15, -0.1) is 0 Å². The Morgan fingerprint density at radius 2 is 1.92 bits per heavy atom. The first-order valence-corrected chi connectivity index (χ1v) is 11.0. The molecule has 4 aliphatic carbocycles. The highest BCUT2D eigenvalue weighted by Crippen LogP contribution is 2.67. The highest BCUT2D eigenvalue weighted by atomic mass is 79.9. The van der Waals surface area contributed by atoms with Crippen LogP contribution in [-0.4, -0.2) is 51.5 Å². The number of aliphatic hydroxyl groups excluding tert-OH is 3. The van der Waals surface area contributed by atoms with Gasteiger partial charge in [-0.1, -0.05) is 22.9 Å². The molecule has 10 atom stereocenters. The van der Waals surface area contributed by atoms with Gasteiger partial charge in [0.2, 0.25) is 0 Å². The van der Waals surface area contributed by atoms with E-state index < -0.39 is 6.10 Å². The molecule has 26 heavy (non-hydrogen) atoms. The summed E-state index contributed by atoms with van der Waals surface area (Å²) in [5.74, 6) is 0.885. The van der Waals surface area contributed by atoms with Crippen LogP contribution in [0.5, 0.6) is 0 Å². The third kappa shape index (κ3) is 2.55. The second kappa shape index (κ2) is 6.71. The fourth-order valence-corrected chi connectivity index (χ4v) is 8.68. The fraction of sp³-hybridized carbons (Fsp3) is 0.950. The number of carbonyl (C=O) groups excluding carboxylic acids is 1. The quantitative estimate of drug-likeness (QED) is 0.472. The van der Waals surface area contributed by atoms with Crippen molar-refractivity contribution in [3.63, 3.8) is 0 Å². The average Bonchev–Trinajstić information content (AvgIpc) is 2.86. The standard InChI is InChI=1S/C20H31BrO5/c1-19-4-3-13-17(14(19)8-15(21)18(19)26-10-23)16(25)7-11-6-12(24)2-5-20(11,13)9-22/h10-18,22,24-25H,2-9H2,1H3/t11?,12-,13?,14?,15+,16-,17?,18-,19-,20+/m0/s1. The second-order valence-corrected chi connectivity index (χ2v) is 10.7. The first-order valence-electron chi connectivity index (χ1n) is 10.1. The zero-order valence-electron chi connectivity index (χ0n) is 15.4. The molecule has 0 aromatic carbocycles. The van der Waals surface area contributed by atoms with E-state index in [1.165, 1.54) is 0 Å². The van der Waals surface area contributed by atoms with Crippen molar-refractivity contribution in [2.75, 3.05) is 6.61 Å². The zero-order valence-corrected chi connectivity index (χ0v) is 17.0. The minimum Gasteiger partial charge on any atom is -0.463 e. The summed E-state index contributed by atoms with van der Waals surface area (Å²) in [6.45, 7) is 2.91. The van der Waals surface area contributed by atoms with Gasteiger partial charge in [0.1, 0.15) is 6.10 Å². The predicted molar refractivity (Wildman–Crippen MR) is 99.6 cm³/mol. The van der Waals surface area contributed by atoms with Crippen molar-refractivity contribution in [2.24, 2.45) is 34.5 Å². The first-order chi connectivity index (χ1) is 12.4. The number of ether oxygens (including phenoxy) is 1. The molecule has 4 fully saturated rings. The van der Waals surface area contributed by atoms with Crippen LogP contribution < -0.4 is 0 Å². The Morgan fingerprint density at radius 1 is 1.15 bits per heavy atom. The van der Waals surface area contributed by atoms with Crippen LogP contribution in [0.1, 0.15) is 51.9 Å². The third-order valence-electron chi connectivity index (χ3n) is 8.75. The maximum absolute atomic E-state index is 11.1. The van der Waals surface area contributed by atoms with Crippen molar-refractivity contribution in [3.8, 4) is 0 Å². The third-order valence-corrected chi connectivity index (χ3v) is 9.60. The summed E-state index contributed by atoms with van der Waals surface area (Å²) in [5.41, 5.74) is -0.301. The molecular weight excluding hydrogens is 400 g/mol. The van der Waals surface area contributed by atoms with Crippen LogP contribution >= 0.6 is 15.9 Å². The van der Waals surface area contributed by atoms with E-state index in [9.17, 15) is 20.1 Å². The molecule has 4 unspecified atom stereocenters. The number of hydrogen-bond donors (Lipinski definition) is 3. The van der Waals surface area contributed by atoms with Gasteiger partial charge in [0.15, 0.2) is 0 Å². The molecule has 4 aliphatic rings. The molecule has 0 radical (unpaired) electrons. The molecular formula is C20H31BrO5. The summed E-state index contributed by atoms with van der Waals surface area (Å²) < 4.78 is 5.48. The van der Waals surface area contributed by atoms with Crippen molar-refractivity contribution >= 4 is 22.4 Å². The number of alkyl halides is 1. The lowest BCUT2D eigenvalue weighted by Gasteiger charge is -2.62. The van der Waals surface area contributed by atoms with Crippen molar-refractivity contribution < 1.29 is 24.9 Å². The lowest BCUT2D eigenvalue weighted by Crippen LogP contribution is -2.61. The monoisotopic (exact) mass is 430 g/mol. The van der Waals surface area contributed by atoms with Crippen LogP contribution in [0.25, 0.3) is 0 Å². The predicted octanol–water partition coefficient (Wildman–Crippen LogP) is 2.25. The Kier molecular flexibility index (Phi) is 4.95. The summed E-state index contributed by atoms with van der Waals surface area (Å²) >= 11 is 3.73. The maximum Gasteiger partial charge on any atom is 0.293 e. The van der Waals surface area contributed by atoms with Gasteiger partial charge in [-0.2, -0.15) is 0 Å². The van der Waals surface area contributed by atoms with Crippen molar-refractivity contribution in [2.45, 2.75) is 75.0 Å². The Labute approximate surface area is 163 Å². The normalized spacial score (nSPS) is 56.2. The van der Waals surface area contributed by atoms with E-state index in [4.69, 9.17) is 4.74 Å². The van der Waals surface area contributed by atoms with Gasteiger partial charge in [-0.3, -0.25) is 4.79 Å². The minimum atomic E-state index is -0.408. The summed E-state index contributed by atoms with van der Waals surface area (Å²) in [4.78, 5) is 11.2. The van der Waals surface area contributed by atoms with E-state index in [-0.39, 0.29) is 58.1 Å². The smallest absolute Gasteiger partial charge is 0.293 e. The molecule has 0 saturated heterocycles. The van der Waals surface area contributed by atoms with Gasteiger partial charge in [-0.25, -0.2) is 0 Å². The second-order valence-electron chi connectivity index (χ2n) is 9.56. The van der Waals surface area contributed by atoms with Crippen molar-refractivity contribution in [1.29, 1.82) is 0 Å². The number of rotatable bonds is 3. The summed E-state index contributed by atoms with van der Waals surface area (Å²) in [7, 11) is 0. The number of aliphatic hydroxyl groups is 3. The molecule has 0 aromatic heterocycles. The van der Waals surface area contributed by atoms with E-state index in [1.807, 2.05) is 0 Å². The van der Waals surface area contributed by atoms with Gasteiger partial charge in [0.05, 0.1) is 17.0 Å². The van der Waals surface area contributed by atoms with Crippen LogP contribution in [0.15, 0.2) is 0 Å². The highest BCUT2D eigenvalue weighted by Gasteiger charge is 2.65. The molecule has 4 saturated carbocycles. The van der Waals surface area contributed by atoms with Crippen molar-refractivity contribution in [3.05, 3.63) is 0 Å². The van der Waals surface area contributed by atoms with Crippen LogP contribution in [0.2, 0.25) is 0 Å². The number of fused-ring (bicyclic) bond motifs is 5. The molecule has 6 heteroatoms. The lowest BCUT2D eigenvalue weighted by molar-refractivity contribution is -0.197. The summed E-state index contributed by atoms with van der Waals surface area (Å²) in [5, 5.41) is 31.7. The van der Waals surface area contributed by atoms with E-state index in [1.54, 1.807) is 0 Å². The Hall–Kier alpha value is -0.170. The first kappa shape index (κ1) is 19.2. The SMILES string of the molecule is C[C@]12CCC3C(C1C[C@@H](Br)[C@@H]2OC=O)[C@@H](O)CC1C[C@@H](O)CC[C@@]13CO. The van der Waals surface area contributed by atoms with Gasteiger partial charge < -0.3 is 20.1 Å². The van der Waals surface area contributed by atoms with Gasteiger partial charge in [0, 0.05) is 12.0 Å². The van der Waals surface area contributed by atoms with Crippen LogP contribution in [0.4, 0.5) is 0 Å². The van der Waals surface area contributed by atoms with Crippen molar-refractivity contribution in [1.82, 2.24) is 0 Å². The molecule has 0 bridgehead atoms. The largest absolute Gasteiger partial charge is 0.463 e. The molecule has 148 valence electrons. The van der Waals surface area contributed by atoms with Gasteiger partial charge in [-0.05, 0) is 74.0 Å². The Morgan fingerprint density at radius 3 is 2.62 bits per heavy atom. The molecule has 5 nitrogen and oxygen atoms in total. The molecule has 0 heterocycles. The topological polar surface area (TPSA) is 87.0 Å². The van der Waals surface area contributed by atoms with Crippen LogP contribution in [0.3, 0.4) is 0 Å². The van der Waals surface area contributed by atoms with E-state index in [0.29, 0.717) is 19.3 Å². The van der Waals surface area contributed by atoms with Crippen LogP contribution in [-0.2, 0) is 9.53 Å². The Bertz CT molecular complexity index is 558. The molecule has 0 aromatic rings. The minimum absolute atomic E-state index is 0.115. The fourth-order valence-electron chi connectivity index (χ4n) is 7.54. The molecule has 0 amide bonds.